The SMILES string of the molecule is CC1(CNC(=O)C2CCCCCN2)CCCC1. The molecule has 0 bridgehead atoms. The first kappa shape index (κ1) is 12.9. The summed E-state index contributed by atoms with van der Waals surface area (Å²) in [5.41, 5.74) is 0.361. The normalized spacial score (nSPS) is 28.6. The molecular weight excluding hydrogens is 212 g/mol. The van der Waals surface area contributed by atoms with Crippen molar-refractivity contribution in [2.75, 3.05) is 13.1 Å². The van der Waals surface area contributed by atoms with E-state index in [1.165, 1.54) is 44.9 Å². The molecule has 0 radical (unpaired) electrons. The van der Waals surface area contributed by atoms with Gasteiger partial charge in [-0.2, -0.15) is 0 Å². The van der Waals surface area contributed by atoms with E-state index in [4.69, 9.17) is 0 Å². The van der Waals surface area contributed by atoms with Gasteiger partial charge in [0, 0.05) is 6.54 Å². The first-order valence-corrected chi connectivity index (χ1v) is 7.21. The zero-order valence-corrected chi connectivity index (χ0v) is 11.1. The molecule has 1 saturated heterocycles. The third kappa shape index (κ3) is 3.70. The Labute approximate surface area is 105 Å². The second-order valence-corrected chi connectivity index (χ2v) is 6.09. The van der Waals surface area contributed by atoms with Crippen LogP contribution >= 0.6 is 0 Å². The second kappa shape index (κ2) is 5.85. The van der Waals surface area contributed by atoms with Gasteiger partial charge in [0.25, 0.3) is 0 Å². The van der Waals surface area contributed by atoms with E-state index in [1.807, 2.05) is 0 Å². The van der Waals surface area contributed by atoms with Crippen LogP contribution in [0.4, 0.5) is 0 Å². The number of nitrogens with one attached hydrogen (secondary N) is 2. The fourth-order valence-electron chi connectivity index (χ4n) is 3.08. The fourth-order valence-corrected chi connectivity index (χ4v) is 3.08. The topological polar surface area (TPSA) is 41.1 Å². The molecule has 3 nitrogen and oxygen atoms in total. The molecule has 17 heavy (non-hydrogen) atoms. The lowest BCUT2D eigenvalue weighted by Gasteiger charge is -2.25. The molecule has 2 fully saturated rings. The molecule has 1 atom stereocenters. The third-order valence-corrected chi connectivity index (χ3v) is 4.38. The highest BCUT2D eigenvalue weighted by atomic mass is 16.2. The summed E-state index contributed by atoms with van der Waals surface area (Å²) in [6, 6.07) is 0.0579. The van der Waals surface area contributed by atoms with Crippen molar-refractivity contribution in [1.29, 1.82) is 0 Å². The van der Waals surface area contributed by atoms with E-state index in [1.54, 1.807) is 0 Å². The van der Waals surface area contributed by atoms with Crippen molar-refractivity contribution in [3.63, 3.8) is 0 Å². The quantitative estimate of drug-likeness (QED) is 0.791. The van der Waals surface area contributed by atoms with Gasteiger partial charge in [-0.3, -0.25) is 4.79 Å². The predicted molar refractivity (Wildman–Crippen MR) is 69.8 cm³/mol. The molecule has 1 aliphatic heterocycles. The van der Waals surface area contributed by atoms with Gasteiger partial charge in [-0.25, -0.2) is 0 Å². The van der Waals surface area contributed by atoms with E-state index in [2.05, 4.69) is 17.6 Å². The van der Waals surface area contributed by atoms with E-state index in [0.717, 1.165) is 19.5 Å². The Hall–Kier alpha value is -0.570. The van der Waals surface area contributed by atoms with Crippen molar-refractivity contribution in [1.82, 2.24) is 10.6 Å². The average molecular weight is 238 g/mol. The number of amides is 1. The average Bonchev–Trinajstić information content (AvgIpc) is 2.60. The molecule has 2 N–H and O–H groups in total. The lowest BCUT2D eigenvalue weighted by atomic mass is 9.89. The van der Waals surface area contributed by atoms with Gasteiger partial charge in [-0.05, 0) is 37.6 Å². The van der Waals surface area contributed by atoms with Gasteiger partial charge >= 0.3 is 0 Å². The maximum absolute atomic E-state index is 12.1. The molecule has 98 valence electrons. The summed E-state index contributed by atoms with van der Waals surface area (Å²) in [7, 11) is 0. The zero-order chi connectivity index (χ0) is 12.1. The number of hydrogen-bond donors (Lipinski definition) is 2. The molecule has 2 aliphatic rings. The highest BCUT2D eigenvalue weighted by molar-refractivity contribution is 5.81. The highest BCUT2D eigenvalue weighted by Crippen LogP contribution is 2.36. The van der Waals surface area contributed by atoms with Crippen molar-refractivity contribution in [3.05, 3.63) is 0 Å². The largest absolute Gasteiger partial charge is 0.354 e. The molecule has 1 amide bonds. The van der Waals surface area contributed by atoms with Gasteiger partial charge in [0.05, 0.1) is 6.04 Å². The first-order chi connectivity index (χ1) is 8.20. The van der Waals surface area contributed by atoms with Crippen LogP contribution in [0.5, 0.6) is 0 Å². The molecule has 0 aromatic rings. The molecule has 1 heterocycles. The van der Waals surface area contributed by atoms with Crippen molar-refractivity contribution < 1.29 is 4.79 Å². The number of carbonyl (C=O) groups excluding carboxylic acids is 1. The highest BCUT2D eigenvalue weighted by Gasteiger charge is 2.30. The van der Waals surface area contributed by atoms with Crippen LogP contribution in [0.1, 0.15) is 58.3 Å². The van der Waals surface area contributed by atoms with E-state index < -0.39 is 0 Å². The first-order valence-electron chi connectivity index (χ1n) is 7.21. The maximum Gasteiger partial charge on any atom is 0.237 e. The summed E-state index contributed by atoms with van der Waals surface area (Å²) in [6.07, 6.45) is 9.85. The minimum Gasteiger partial charge on any atom is -0.354 e. The van der Waals surface area contributed by atoms with Crippen molar-refractivity contribution >= 4 is 5.91 Å². The Morgan fingerprint density at radius 1 is 1.24 bits per heavy atom. The monoisotopic (exact) mass is 238 g/mol. The molecule has 0 spiro atoms. The summed E-state index contributed by atoms with van der Waals surface area (Å²) in [5.74, 6) is 0.222. The summed E-state index contributed by atoms with van der Waals surface area (Å²) < 4.78 is 0. The zero-order valence-electron chi connectivity index (χ0n) is 11.1. The van der Waals surface area contributed by atoms with E-state index in [-0.39, 0.29) is 11.9 Å². The van der Waals surface area contributed by atoms with Gasteiger partial charge in [0.1, 0.15) is 0 Å². The summed E-state index contributed by atoms with van der Waals surface area (Å²) in [4.78, 5) is 12.1. The maximum atomic E-state index is 12.1. The lowest BCUT2D eigenvalue weighted by molar-refractivity contribution is -0.123. The van der Waals surface area contributed by atoms with Gasteiger partial charge < -0.3 is 10.6 Å². The Kier molecular flexibility index (Phi) is 4.43. The summed E-state index contributed by atoms with van der Waals surface area (Å²) in [5, 5.41) is 6.52. The van der Waals surface area contributed by atoms with Crippen molar-refractivity contribution in [3.8, 4) is 0 Å². The van der Waals surface area contributed by atoms with Crippen LogP contribution in [0.2, 0.25) is 0 Å². The third-order valence-electron chi connectivity index (χ3n) is 4.38. The molecule has 1 aliphatic carbocycles. The number of rotatable bonds is 3. The molecule has 2 rings (SSSR count). The van der Waals surface area contributed by atoms with Gasteiger partial charge in [0.2, 0.25) is 5.91 Å². The molecule has 3 heteroatoms. The predicted octanol–water partition coefficient (Wildman–Crippen LogP) is 2.22. The van der Waals surface area contributed by atoms with Crippen LogP contribution in [0, 0.1) is 5.41 Å². The molecule has 0 aromatic carbocycles. The Balaban J connectivity index is 1.75. The van der Waals surface area contributed by atoms with Crippen LogP contribution in [-0.2, 0) is 4.79 Å². The van der Waals surface area contributed by atoms with Crippen molar-refractivity contribution in [2.45, 2.75) is 64.3 Å². The molecule has 1 unspecified atom stereocenters. The minimum absolute atomic E-state index is 0.0579. The Bertz CT molecular complexity index is 251. The van der Waals surface area contributed by atoms with Crippen LogP contribution in [0.3, 0.4) is 0 Å². The standard InChI is InChI=1S/C14H26N2O/c1-14(8-4-5-9-14)11-16-13(17)12-7-3-2-6-10-15-12/h12,15H,2-11H2,1H3,(H,16,17). The Morgan fingerprint density at radius 3 is 2.76 bits per heavy atom. The Morgan fingerprint density at radius 2 is 2.00 bits per heavy atom. The van der Waals surface area contributed by atoms with Gasteiger partial charge in [-0.1, -0.05) is 32.6 Å². The number of hydrogen-bond acceptors (Lipinski definition) is 2. The van der Waals surface area contributed by atoms with E-state index in [9.17, 15) is 4.79 Å². The van der Waals surface area contributed by atoms with Gasteiger partial charge in [-0.15, -0.1) is 0 Å². The molecular formula is C14H26N2O. The number of carbonyl (C=O) groups is 1. The molecule has 0 aromatic heterocycles. The molecule has 1 saturated carbocycles. The summed E-state index contributed by atoms with van der Waals surface area (Å²) in [6.45, 7) is 4.17. The lowest BCUT2D eigenvalue weighted by Crippen LogP contribution is -2.46. The fraction of sp³-hybridized carbons (Fsp3) is 0.929. The van der Waals surface area contributed by atoms with Crippen molar-refractivity contribution in [2.24, 2.45) is 5.41 Å². The second-order valence-electron chi connectivity index (χ2n) is 6.09. The van der Waals surface area contributed by atoms with Crippen LogP contribution in [-0.4, -0.2) is 25.0 Å². The van der Waals surface area contributed by atoms with Crippen LogP contribution in [0.15, 0.2) is 0 Å². The summed E-state index contributed by atoms with van der Waals surface area (Å²) >= 11 is 0. The van der Waals surface area contributed by atoms with Gasteiger partial charge in [0.15, 0.2) is 0 Å². The van der Waals surface area contributed by atoms with Crippen LogP contribution < -0.4 is 10.6 Å². The van der Waals surface area contributed by atoms with E-state index in [0.29, 0.717) is 5.41 Å². The van der Waals surface area contributed by atoms with Crippen LogP contribution in [0.25, 0.3) is 0 Å². The minimum atomic E-state index is 0.0579. The smallest absolute Gasteiger partial charge is 0.237 e. The van der Waals surface area contributed by atoms with E-state index >= 15 is 0 Å².